The number of hydrogen-bond donors (Lipinski definition) is 1. The van der Waals surface area contributed by atoms with Crippen molar-refractivity contribution in [2.45, 2.75) is 11.3 Å². The minimum absolute atomic E-state index is 0.235. The van der Waals surface area contributed by atoms with E-state index in [4.69, 9.17) is 5.11 Å². The van der Waals surface area contributed by atoms with E-state index in [2.05, 4.69) is 4.74 Å². The summed E-state index contributed by atoms with van der Waals surface area (Å²) >= 11 is 0. The minimum Gasteiger partial charge on any atom is -0.478 e. The lowest BCUT2D eigenvalue weighted by molar-refractivity contribution is -0.274. The SMILES string of the molecule is O=C(O)c1cc(S(=O)(=O)F)ccc1OC(F)(F)F. The molecule has 0 saturated heterocycles. The lowest BCUT2D eigenvalue weighted by atomic mass is 10.2. The second-order valence-corrected chi connectivity index (χ2v) is 4.30. The zero-order chi connectivity index (χ0) is 14.1. The van der Waals surface area contributed by atoms with Gasteiger partial charge < -0.3 is 9.84 Å². The summed E-state index contributed by atoms with van der Waals surface area (Å²) in [6, 6.07) is 1.10. The summed E-state index contributed by atoms with van der Waals surface area (Å²) in [5.41, 5.74) is -1.12. The maximum Gasteiger partial charge on any atom is 0.573 e. The summed E-state index contributed by atoms with van der Waals surface area (Å²) in [7, 11) is -5.22. The molecule has 5 nitrogen and oxygen atoms in total. The van der Waals surface area contributed by atoms with Crippen LogP contribution in [0, 0.1) is 0 Å². The molecule has 0 aromatic heterocycles. The van der Waals surface area contributed by atoms with Gasteiger partial charge in [0.15, 0.2) is 0 Å². The van der Waals surface area contributed by atoms with E-state index in [1.54, 1.807) is 0 Å². The van der Waals surface area contributed by atoms with Crippen LogP contribution in [0.1, 0.15) is 10.4 Å². The van der Waals surface area contributed by atoms with Gasteiger partial charge in [-0.2, -0.15) is 8.42 Å². The number of hydrogen-bond acceptors (Lipinski definition) is 4. The van der Waals surface area contributed by atoms with Crippen molar-refractivity contribution in [3.63, 3.8) is 0 Å². The third-order valence-electron chi connectivity index (χ3n) is 1.69. The van der Waals surface area contributed by atoms with Crippen molar-refractivity contribution in [3.8, 4) is 5.75 Å². The Morgan fingerprint density at radius 1 is 1.28 bits per heavy atom. The fraction of sp³-hybridized carbons (Fsp3) is 0.125. The Labute approximate surface area is 97.8 Å². The summed E-state index contributed by atoms with van der Waals surface area (Å²) in [5, 5.41) is 8.59. The van der Waals surface area contributed by atoms with Crippen molar-refractivity contribution in [2.24, 2.45) is 0 Å². The molecule has 1 N–H and O–H groups in total. The number of rotatable bonds is 3. The first-order chi connectivity index (χ1) is 8.00. The van der Waals surface area contributed by atoms with E-state index >= 15 is 0 Å². The fourth-order valence-electron chi connectivity index (χ4n) is 1.04. The number of halogens is 4. The van der Waals surface area contributed by atoms with Gasteiger partial charge in [0, 0.05) is 0 Å². The molecule has 0 radical (unpaired) electrons. The molecule has 0 heterocycles. The maximum absolute atomic E-state index is 12.6. The van der Waals surface area contributed by atoms with E-state index in [1.165, 1.54) is 0 Å². The normalized spacial score (nSPS) is 12.2. The van der Waals surface area contributed by atoms with E-state index in [9.17, 15) is 30.3 Å². The second-order valence-electron chi connectivity index (χ2n) is 2.95. The zero-order valence-electron chi connectivity index (χ0n) is 8.23. The standard InChI is InChI=1S/C8H4F4O5S/c9-8(10,11)17-6-2-1-4(18(12,15)16)3-5(6)7(13)14/h1-3H,(H,13,14). The maximum atomic E-state index is 12.6. The van der Waals surface area contributed by atoms with Crippen LogP contribution in [0.4, 0.5) is 17.1 Å². The van der Waals surface area contributed by atoms with Crippen molar-refractivity contribution in [1.82, 2.24) is 0 Å². The van der Waals surface area contributed by atoms with Crippen LogP contribution in [0.15, 0.2) is 23.1 Å². The molecule has 0 fully saturated rings. The molecule has 100 valence electrons. The van der Waals surface area contributed by atoms with Crippen molar-refractivity contribution in [2.75, 3.05) is 0 Å². The van der Waals surface area contributed by atoms with E-state index < -0.39 is 38.8 Å². The molecule has 0 saturated carbocycles. The summed E-state index contributed by atoms with van der Waals surface area (Å²) < 4.78 is 72.6. The number of carbonyl (C=O) groups is 1. The molecule has 1 aromatic rings. The average Bonchev–Trinajstić information content (AvgIpc) is 2.13. The van der Waals surface area contributed by atoms with Gasteiger partial charge in [-0.25, -0.2) is 4.79 Å². The van der Waals surface area contributed by atoms with Gasteiger partial charge >= 0.3 is 22.6 Å². The van der Waals surface area contributed by atoms with Crippen molar-refractivity contribution in [1.29, 1.82) is 0 Å². The fourth-order valence-corrected chi connectivity index (χ4v) is 1.53. The zero-order valence-corrected chi connectivity index (χ0v) is 9.05. The molecule has 18 heavy (non-hydrogen) atoms. The first-order valence-electron chi connectivity index (χ1n) is 4.08. The predicted molar refractivity (Wildman–Crippen MR) is 48.4 cm³/mol. The Morgan fingerprint density at radius 3 is 2.22 bits per heavy atom. The highest BCUT2D eigenvalue weighted by atomic mass is 32.3. The van der Waals surface area contributed by atoms with Crippen LogP contribution < -0.4 is 4.74 Å². The van der Waals surface area contributed by atoms with Gasteiger partial charge in [-0.3, -0.25) is 0 Å². The molecule has 0 aliphatic carbocycles. The van der Waals surface area contributed by atoms with Gasteiger partial charge in [-0.1, -0.05) is 0 Å². The molecular formula is C8H4F4O5S. The monoisotopic (exact) mass is 288 g/mol. The molecule has 10 heteroatoms. The summed E-state index contributed by atoms with van der Waals surface area (Å²) in [6.07, 6.45) is -5.15. The van der Waals surface area contributed by atoms with Gasteiger partial charge in [0.25, 0.3) is 0 Å². The first kappa shape index (κ1) is 14.2. The predicted octanol–water partition coefficient (Wildman–Crippen LogP) is 1.94. The Bertz CT molecular complexity index is 578. The molecule has 0 atom stereocenters. The molecule has 1 rings (SSSR count). The number of alkyl halides is 3. The highest BCUT2D eigenvalue weighted by Crippen LogP contribution is 2.28. The van der Waals surface area contributed by atoms with Crippen LogP contribution in [0.25, 0.3) is 0 Å². The number of ether oxygens (including phenoxy) is 1. The summed E-state index contributed by atoms with van der Waals surface area (Å²) in [6.45, 7) is 0. The highest BCUT2D eigenvalue weighted by Gasteiger charge is 2.33. The Hall–Kier alpha value is -1.84. The Morgan fingerprint density at radius 2 is 1.83 bits per heavy atom. The molecular weight excluding hydrogens is 284 g/mol. The van der Waals surface area contributed by atoms with Crippen LogP contribution in [0.3, 0.4) is 0 Å². The molecule has 0 unspecified atom stereocenters. The van der Waals surface area contributed by atoms with Crippen LogP contribution in [0.2, 0.25) is 0 Å². The van der Waals surface area contributed by atoms with Crippen LogP contribution >= 0.6 is 0 Å². The number of carboxylic acids is 1. The number of carboxylic acid groups (broad SMARTS) is 1. The van der Waals surface area contributed by atoms with Gasteiger partial charge in [-0.05, 0) is 18.2 Å². The molecule has 0 aliphatic heterocycles. The van der Waals surface area contributed by atoms with Gasteiger partial charge in [0.1, 0.15) is 11.3 Å². The number of benzene rings is 1. The van der Waals surface area contributed by atoms with E-state index in [0.29, 0.717) is 12.1 Å². The van der Waals surface area contributed by atoms with Gasteiger partial charge in [0.2, 0.25) is 0 Å². The van der Waals surface area contributed by atoms with Gasteiger partial charge in [-0.15, -0.1) is 17.1 Å². The lowest BCUT2D eigenvalue weighted by Gasteiger charge is -2.11. The van der Waals surface area contributed by atoms with E-state index in [-0.39, 0.29) is 6.07 Å². The smallest absolute Gasteiger partial charge is 0.478 e. The third kappa shape index (κ3) is 3.58. The Kier molecular flexibility index (Phi) is 3.51. The van der Waals surface area contributed by atoms with Crippen LogP contribution in [-0.4, -0.2) is 25.9 Å². The van der Waals surface area contributed by atoms with E-state index in [1.807, 2.05) is 0 Å². The van der Waals surface area contributed by atoms with Crippen molar-refractivity contribution in [3.05, 3.63) is 23.8 Å². The topological polar surface area (TPSA) is 80.7 Å². The first-order valence-corrected chi connectivity index (χ1v) is 5.47. The van der Waals surface area contributed by atoms with Crippen molar-refractivity contribution >= 4 is 16.2 Å². The van der Waals surface area contributed by atoms with Gasteiger partial charge in [0.05, 0.1) is 4.90 Å². The average molecular weight is 288 g/mol. The third-order valence-corrected chi connectivity index (χ3v) is 2.51. The second kappa shape index (κ2) is 4.44. The lowest BCUT2D eigenvalue weighted by Crippen LogP contribution is -2.19. The number of aromatic carboxylic acids is 1. The quantitative estimate of drug-likeness (QED) is 0.679. The Balaban J connectivity index is 3.35. The molecule has 0 bridgehead atoms. The van der Waals surface area contributed by atoms with Crippen LogP contribution in [-0.2, 0) is 10.2 Å². The minimum atomic E-state index is -5.22. The molecule has 1 aromatic carbocycles. The molecule has 0 amide bonds. The summed E-state index contributed by atoms with van der Waals surface area (Å²) in [4.78, 5) is 9.55. The molecule has 0 aliphatic rings. The summed E-state index contributed by atoms with van der Waals surface area (Å²) in [5.74, 6) is -3.03. The van der Waals surface area contributed by atoms with Crippen molar-refractivity contribution < 1.29 is 40.1 Å². The van der Waals surface area contributed by atoms with Crippen LogP contribution in [0.5, 0.6) is 5.75 Å². The highest BCUT2D eigenvalue weighted by molar-refractivity contribution is 7.86. The van der Waals surface area contributed by atoms with E-state index in [0.717, 1.165) is 0 Å². The largest absolute Gasteiger partial charge is 0.573 e. The molecule has 0 spiro atoms.